The summed E-state index contributed by atoms with van der Waals surface area (Å²) in [6.07, 6.45) is -4.46. The molecule has 1 N–H and O–H groups in total. The zero-order valence-corrected chi connectivity index (χ0v) is 15.0. The Kier molecular flexibility index (Phi) is 5.46. The topological polar surface area (TPSA) is 51.2 Å². The summed E-state index contributed by atoms with van der Waals surface area (Å²) in [5.41, 5.74) is 0.392. The molecule has 3 rings (SSSR count). The fraction of sp³-hybridized carbons (Fsp3) is 0.158. The molecule has 0 aliphatic carbocycles. The van der Waals surface area contributed by atoms with E-state index in [0.29, 0.717) is 17.9 Å². The summed E-state index contributed by atoms with van der Waals surface area (Å²) in [4.78, 5) is 16.5. The van der Waals surface area contributed by atoms with Crippen molar-refractivity contribution in [3.63, 3.8) is 0 Å². The third kappa shape index (κ3) is 5.07. The number of alkyl halides is 3. The van der Waals surface area contributed by atoms with Crippen molar-refractivity contribution in [3.8, 4) is 5.75 Å². The molecule has 3 aromatic rings. The molecule has 27 heavy (non-hydrogen) atoms. The molecule has 1 aromatic heterocycles. The summed E-state index contributed by atoms with van der Waals surface area (Å²) in [5, 5.41) is 5.33. The molecule has 0 spiro atoms. The number of amides is 1. The average molecular weight is 392 g/mol. The molecule has 0 unspecified atom stereocenters. The Balaban J connectivity index is 1.62. The van der Waals surface area contributed by atoms with Gasteiger partial charge in [0.05, 0.1) is 16.3 Å². The summed E-state index contributed by atoms with van der Waals surface area (Å²) < 4.78 is 43.8. The first-order chi connectivity index (χ1) is 12.8. The number of anilines is 1. The van der Waals surface area contributed by atoms with Gasteiger partial charge in [0.2, 0.25) is 0 Å². The van der Waals surface area contributed by atoms with E-state index in [4.69, 9.17) is 4.74 Å². The molecule has 0 saturated heterocycles. The third-order valence-electron chi connectivity index (χ3n) is 3.62. The van der Waals surface area contributed by atoms with Crippen LogP contribution in [-0.4, -0.2) is 10.9 Å². The number of carbonyl (C=O) groups is 1. The summed E-state index contributed by atoms with van der Waals surface area (Å²) in [5.74, 6) is 0.0623. The van der Waals surface area contributed by atoms with Crippen LogP contribution in [0.4, 0.5) is 18.9 Å². The first-order valence-corrected chi connectivity index (χ1v) is 8.82. The second kappa shape index (κ2) is 7.79. The van der Waals surface area contributed by atoms with Crippen molar-refractivity contribution in [1.82, 2.24) is 4.98 Å². The van der Waals surface area contributed by atoms with Gasteiger partial charge in [0.25, 0.3) is 5.91 Å². The summed E-state index contributed by atoms with van der Waals surface area (Å²) in [6.45, 7) is 2.23. The number of aryl methyl sites for hydroxylation is 1. The number of hydrogen-bond acceptors (Lipinski definition) is 4. The highest BCUT2D eigenvalue weighted by atomic mass is 32.1. The van der Waals surface area contributed by atoms with Crippen LogP contribution in [0.2, 0.25) is 0 Å². The maximum atomic E-state index is 12.7. The molecule has 0 saturated carbocycles. The standard InChI is InChI=1S/C19H15F3N2O2S/c1-12-23-16(11-27-12)10-26-17-7-5-13(6-8-17)18(25)24-15-4-2-3-14(9-15)19(20,21)22/h2-9,11H,10H2,1H3,(H,24,25). The van der Waals surface area contributed by atoms with Gasteiger partial charge in [0.1, 0.15) is 12.4 Å². The van der Waals surface area contributed by atoms with Crippen molar-refractivity contribution in [3.05, 3.63) is 75.7 Å². The van der Waals surface area contributed by atoms with Crippen LogP contribution >= 0.6 is 11.3 Å². The van der Waals surface area contributed by atoms with Crippen molar-refractivity contribution in [2.45, 2.75) is 19.7 Å². The van der Waals surface area contributed by atoms with Gasteiger partial charge < -0.3 is 10.1 Å². The zero-order chi connectivity index (χ0) is 19.4. The van der Waals surface area contributed by atoms with Gasteiger partial charge in [-0.2, -0.15) is 13.2 Å². The fourth-order valence-electron chi connectivity index (χ4n) is 2.31. The number of hydrogen-bond donors (Lipinski definition) is 1. The predicted octanol–water partition coefficient (Wildman–Crippen LogP) is 5.30. The number of nitrogens with one attached hydrogen (secondary N) is 1. The normalized spacial score (nSPS) is 11.3. The lowest BCUT2D eigenvalue weighted by Gasteiger charge is -2.10. The van der Waals surface area contributed by atoms with E-state index in [1.807, 2.05) is 12.3 Å². The lowest BCUT2D eigenvalue weighted by atomic mass is 10.1. The lowest BCUT2D eigenvalue weighted by molar-refractivity contribution is -0.137. The Morgan fingerprint density at radius 3 is 2.56 bits per heavy atom. The van der Waals surface area contributed by atoms with Crippen LogP contribution in [0.1, 0.15) is 26.6 Å². The SMILES string of the molecule is Cc1nc(COc2ccc(C(=O)Nc3cccc(C(F)(F)F)c3)cc2)cs1. The molecule has 2 aromatic carbocycles. The van der Waals surface area contributed by atoms with Crippen LogP contribution in [0.3, 0.4) is 0 Å². The van der Waals surface area contributed by atoms with E-state index in [0.717, 1.165) is 22.8 Å². The van der Waals surface area contributed by atoms with Crippen molar-refractivity contribution in [2.75, 3.05) is 5.32 Å². The summed E-state index contributed by atoms with van der Waals surface area (Å²) in [6, 6.07) is 10.8. The monoisotopic (exact) mass is 392 g/mol. The van der Waals surface area contributed by atoms with Crippen molar-refractivity contribution >= 4 is 22.9 Å². The summed E-state index contributed by atoms with van der Waals surface area (Å²) in [7, 11) is 0. The second-order valence-electron chi connectivity index (χ2n) is 5.70. The lowest BCUT2D eigenvalue weighted by Crippen LogP contribution is -2.13. The molecule has 0 aliphatic rings. The number of carbonyl (C=O) groups excluding carboxylic acids is 1. The molecule has 0 bridgehead atoms. The molecular weight excluding hydrogens is 377 g/mol. The highest BCUT2D eigenvalue weighted by Crippen LogP contribution is 2.30. The van der Waals surface area contributed by atoms with Crippen LogP contribution in [0.5, 0.6) is 5.75 Å². The van der Waals surface area contributed by atoms with Gasteiger partial charge >= 0.3 is 6.18 Å². The zero-order valence-electron chi connectivity index (χ0n) is 14.2. The number of nitrogens with zero attached hydrogens (tertiary/aromatic N) is 1. The quantitative estimate of drug-likeness (QED) is 0.641. The Hall–Kier alpha value is -2.87. The molecule has 0 aliphatic heterocycles. The van der Waals surface area contributed by atoms with Crippen LogP contribution in [-0.2, 0) is 12.8 Å². The minimum absolute atomic E-state index is 0.0778. The summed E-state index contributed by atoms with van der Waals surface area (Å²) >= 11 is 1.53. The Morgan fingerprint density at radius 1 is 1.19 bits per heavy atom. The third-order valence-corrected chi connectivity index (χ3v) is 4.44. The Bertz CT molecular complexity index is 937. The number of thiazole rings is 1. The molecule has 0 fully saturated rings. The van der Waals surface area contributed by atoms with E-state index in [1.54, 1.807) is 24.3 Å². The van der Waals surface area contributed by atoms with E-state index in [9.17, 15) is 18.0 Å². The predicted molar refractivity (Wildman–Crippen MR) is 97.0 cm³/mol. The van der Waals surface area contributed by atoms with Gasteiger partial charge in [0, 0.05) is 16.6 Å². The highest BCUT2D eigenvalue weighted by Gasteiger charge is 2.30. The van der Waals surface area contributed by atoms with Gasteiger partial charge in [0.15, 0.2) is 0 Å². The average Bonchev–Trinajstić information content (AvgIpc) is 3.05. The number of aromatic nitrogens is 1. The number of benzene rings is 2. The van der Waals surface area contributed by atoms with E-state index < -0.39 is 17.6 Å². The van der Waals surface area contributed by atoms with Gasteiger partial charge in [-0.05, 0) is 49.4 Å². The van der Waals surface area contributed by atoms with E-state index in [2.05, 4.69) is 10.3 Å². The second-order valence-corrected chi connectivity index (χ2v) is 6.77. The smallest absolute Gasteiger partial charge is 0.416 e. The molecular formula is C19H15F3N2O2S. The maximum absolute atomic E-state index is 12.7. The molecule has 0 atom stereocenters. The molecule has 1 heterocycles. The molecule has 0 radical (unpaired) electrons. The largest absolute Gasteiger partial charge is 0.487 e. The number of rotatable bonds is 5. The van der Waals surface area contributed by atoms with Crippen molar-refractivity contribution in [2.24, 2.45) is 0 Å². The minimum Gasteiger partial charge on any atom is -0.487 e. The Morgan fingerprint density at radius 2 is 1.93 bits per heavy atom. The van der Waals surface area contributed by atoms with Crippen molar-refractivity contribution < 1.29 is 22.7 Å². The van der Waals surface area contributed by atoms with E-state index >= 15 is 0 Å². The van der Waals surface area contributed by atoms with Crippen LogP contribution < -0.4 is 10.1 Å². The highest BCUT2D eigenvalue weighted by molar-refractivity contribution is 7.09. The molecule has 140 valence electrons. The molecule has 1 amide bonds. The van der Waals surface area contributed by atoms with Gasteiger partial charge in [-0.1, -0.05) is 6.07 Å². The van der Waals surface area contributed by atoms with Gasteiger partial charge in [-0.15, -0.1) is 11.3 Å². The maximum Gasteiger partial charge on any atom is 0.416 e. The molecule has 8 heteroatoms. The van der Waals surface area contributed by atoms with Crippen LogP contribution in [0.25, 0.3) is 0 Å². The van der Waals surface area contributed by atoms with Crippen LogP contribution in [0, 0.1) is 6.92 Å². The van der Waals surface area contributed by atoms with E-state index in [1.165, 1.54) is 23.5 Å². The molecule has 4 nitrogen and oxygen atoms in total. The van der Waals surface area contributed by atoms with E-state index in [-0.39, 0.29) is 5.69 Å². The minimum atomic E-state index is -4.46. The fourth-order valence-corrected chi connectivity index (χ4v) is 2.91. The van der Waals surface area contributed by atoms with Crippen molar-refractivity contribution in [1.29, 1.82) is 0 Å². The first kappa shape index (κ1) is 18.9. The number of halogens is 3. The Labute approximate surface area is 157 Å². The van der Waals surface area contributed by atoms with Gasteiger partial charge in [-0.25, -0.2) is 4.98 Å². The number of ether oxygens (including phenoxy) is 1. The van der Waals surface area contributed by atoms with Gasteiger partial charge in [-0.3, -0.25) is 4.79 Å². The first-order valence-electron chi connectivity index (χ1n) is 7.94. The van der Waals surface area contributed by atoms with Crippen LogP contribution in [0.15, 0.2) is 53.9 Å².